The van der Waals surface area contributed by atoms with Gasteiger partial charge in [-0.2, -0.15) is 0 Å². The minimum absolute atomic E-state index is 0.0550. The van der Waals surface area contributed by atoms with Crippen molar-refractivity contribution in [1.29, 1.82) is 0 Å². The number of benzene rings is 1. The van der Waals surface area contributed by atoms with E-state index >= 15 is 0 Å². The number of anilines is 1. The maximum absolute atomic E-state index is 12.5. The van der Waals surface area contributed by atoms with Crippen LogP contribution in [-0.4, -0.2) is 72.8 Å². The second-order valence-corrected chi connectivity index (χ2v) is 9.59. The molecule has 1 aliphatic heterocycles. The molecule has 166 valence electrons. The Hall–Kier alpha value is -3.01. The number of nitrogens with zero attached hydrogens (tertiary/aromatic N) is 4. The zero-order chi connectivity index (χ0) is 22.4. The zero-order valence-corrected chi connectivity index (χ0v) is 18.4. The highest BCUT2D eigenvalue weighted by Crippen LogP contribution is 2.18. The molecule has 1 saturated heterocycles. The minimum Gasteiger partial charge on any atom is -0.477 e. The standard InChI is InChI=1S/C21H26N4O5S/c1-16(2)13-30-19-12-18(22-15-23-19)24-8-10-25(11-9-24)20(26)14-31(28,29)21(27)17-6-4-3-5-7-17/h3-7,12,15-16H,8-11,13-14H2,1-2H3. The van der Waals surface area contributed by atoms with Gasteiger partial charge in [0.1, 0.15) is 17.9 Å². The normalized spacial score (nSPS) is 14.5. The summed E-state index contributed by atoms with van der Waals surface area (Å²) in [5.41, 5.74) is 0.0550. The summed E-state index contributed by atoms with van der Waals surface area (Å²) in [6.07, 6.45) is 1.43. The Bertz CT molecular complexity index is 1020. The van der Waals surface area contributed by atoms with Gasteiger partial charge in [-0.15, -0.1) is 0 Å². The number of carbonyl (C=O) groups is 2. The Labute approximate surface area is 182 Å². The van der Waals surface area contributed by atoms with Crippen LogP contribution in [-0.2, 0) is 14.6 Å². The first-order valence-electron chi connectivity index (χ1n) is 10.1. The van der Waals surface area contributed by atoms with Crippen LogP contribution in [0.15, 0.2) is 42.7 Å². The monoisotopic (exact) mass is 446 g/mol. The Kier molecular flexibility index (Phi) is 7.21. The van der Waals surface area contributed by atoms with Crippen molar-refractivity contribution in [2.45, 2.75) is 13.8 Å². The van der Waals surface area contributed by atoms with Crippen LogP contribution in [0.25, 0.3) is 0 Å². The molecule has 1 aliphatic rings. The summed E-state index contributed by atoms with van der Waals surface area (Å²) >= 11 is 0. The van der Waals surface area contributed by atoms with Gasteiger partial charge in [-0.05, 0) is 5.92 Å². The molecule has 1 fully saturated rings. The third kappa shape index (κ3) is 6.00. The predicted molar refractivity (Wildman–Crippen MR) is 116 cm³/mol. The summed E-state index contributed by atoms with van der Waals surface area (Å²) in [5, 5.41) is -1.03. The molecule has 0 saturated carbocycles. The molecule has 9 nitrogen and oxygen atoms in total. The lowest BCUT2D eigenvalue weighted by Gasteiger charge is -2.35. The molecule has 0 atom stereocenters. The fourth-order valence-corrected chi connectivity index (χ4v) is 4.23. The number of ether oxygens (including phenoxy) is 1. The van der Waals surface area contributed by atoms with Crippen LogP contribution >= 0.6 is 0 Å². The number of amides is 1. The molecule has 2 heterocycles. The molecule has 0 aliphatic carbocycles. The number of aromatic nitrogens is 2. The Morgan fingerprint density at radius 3 is 2.39 bits per heavy atom. The summed E-state index contributed by atoms with van der Waals surface area (Å²) in [7, 11) is -4.23. The molecule has 0 bridgehead atoms. The second kappa shape index (κ2) is 9.86. The van der Waals surface area contributed by atoms with Crippen molar-refractivity contribution in [3.05, 3.63) is 48.3 Å². The number of hydrogen-bond donors (Lipinski definition) is 0. The molecule has 0 radical (unpaired) electrons. The second-order valence-electron chi connectivity index (χ2n) is 7.70. The number of hydrogen-bond acceptors (Lipinski definition) is 8. The predicted octanol–water partition coefficient (Wildman–Crippen LogP) is 1.42. The van der Waals surface area contributed by atoms with E-state index in [1.54, 1.807) is 24.3 Å². The maximum Gasteiger partial charge on any atom is 0.277 e. The smallest absolute Gasteiger partial charge is 0.277 e. The van der Waals surface area contributed by atoms with Crippen LogP contribution in [0.2, 0.25) is 0 Å². The van der Waals surface area contributed by atoms with Crippen LogP contribution in [0, 0.1) is 5.92 Å². The van der Waals surface area contributed by atoms with Crippen molar-refractivity contribution in [1.82, 2.24) is 14.9 Å². The lowest BCUT2D eigenvalue weighted by molar-refractivity contribution is -0.128. The summed E-state index contributed by atoms with van der Waals surface area (Å²) in [6, 6.07) is 9.44. The average molecular weight is 447 g/mol. The van der Waals surface area contributed by atoms with Crippen LogP contribution in [0.5, 0.6) is 5.88 Å². The van der Waals surface area contributed by atoms with E-state index < -0.39 is 26.6 Å². The van der Waals surface area contributed by atoms with Crippen LogP contribution in [0.1, 0.15) is 24.2 Å². The van der Waals surface area contributed by atoms with Crippen LogP contribution in [0.3, 0.4) is 0 Å². The molecule has 1 amide bonds. The fraction of sp³-hybridized carbons (Fsp3) is 0.429. The van der Waals surface area contributed by atoms with E-state index in [0.717, 1.165) is 0 Å². The Balaban J connectivity index is 1.56. The van der Waals surface area contributed by atoms with E-state index in [1.807, 2.05) is 18.7 Å². The highest BCUT2D eigenvalue weighted by Gasteiger charge is 2.31. The van der Waals surface area contributed by atoms with E-state index in [9.17, 15) is 18.0 Å². The molecule has 1 aromatic carbocycles. The van der Waals surface area contributed by atoms with Crippen molar-refractivity contribution < 1.29 is 22.7 Å². The van der Waals surface area contributed by atoms with E-state index in [1.165, 1.54) is 23.4 Å². The van der Waals surface area contributed by atoms with E-state index in [0.29, 0.717) is 50.4 Å². The first-order chi connectivity index (χ1) is 14.8. The van der Waals surface area contributed by atoms with Gasteiger partial charge in [-0.3, -0.25) is 9.59 Å². The third-order valence-corrected chi connectivity index (χ3v) is 6.18. The molecule has 0 N–H and O–H groups in total. The first-order valence-corrected chi connectivity index (χ1v) is 11.7. The van der Waals surface area contributed by atoms with Gasteiger partial charge < -0.3 is 14.5 Å². The van der Waals surface area contributed by atoms with Crippen molar-refractivity contribution >= 4 is 26.7 Å². The fourth-order valence-electron chi connectivity index (χ4n) is 3.09. The number of piperazine rings is 1. The van der Waals surface area contributed by atoms with Gasteiger partial charge in [0.05, 0.1) is 6.61 Å². The molecule has 0 spiro atoms. The topological polar surface area (TPSA) is 110 Å². The van der Waals surface area contributed by atoms with Gasteiger partial charge in [0.15, 0.2) is 0 Å². The highest BCUT2D eigenvalue weighted by molar-refractivity contribution is 8.07. The zero-order valence-electron chi connectivity index (χ0n) is 17.6. The van der Waals surface area contributed by atoms with E-state index in [4.69, 9.17) is 4.74 Å². The molecule has 0 unspecified atom stereocenters. The van der Waals surface area contributed by atoms with Crippen LogP contribution in [0.4, 0.5) is 5.82 Å². The Morgan fingerprint density at radius 2 is 1.74 bits per heavy atom. The van der Waals surface area contributed by atoms with E-state index in [-0.39, 0.29) is 5.56 Å². The minimum atomic E-state index is -4.23. The molecule has 3 rings (SSSR count). The van der Waals surface area contributed by atoms with Crippen LogP contribution < -0.4 is 9.64 Å². The lowest BCUT2D eigenvalue weighted by atomic mass is 10.2. The molecular weight excluding hydrogens is 420 g/mol. The van der Waals surface area contributed by atoms with Crippen molar-refractivity contribution in [2.75, 3.05) is 43.4 Å². The van der Waals surface area contributed by atoms with Gasteiger partial charge in [0.25, 0.3) is 5.12 Å². The van der Waals surface area contributed by atoms with Crippen molar-refractivity contribution in [3.8, 4) is 5.88 Å². The summed E-state index contributed by atoms with van der Waals surface area (Å²) in [6.45, 7) is 6.28. The molecular formula is C21H26N4O5S. The number of carbonyl (C=O) groups excluding carboxylic acids is 2. The number of rotatable bonds is 7. The Morgan fingerprint density at radius 1 is 1.06 bits per heavy atom. The van der Waals surface area contributed by atoms with Crippen molar-refractivity contribution in [3.63, 3.8) is 0 Å². The molecule has 1 aromatic heterocycles. The summed E-state index contributed by atoms with van der Waals surface area (Å²) < 4.78 is 30.4. The highest BCUT2D eigenvalue weighted by atomic mass is 32.2. The van der Waals surface area contributed by atoms with Crippen molar-refractivity contribution in [2.24, 2.45) is 5.92 Å². The molecule has 31 heavy (non-hydrogen) atoms. The summed E-state index contributed by atoms with van der Waals surface area (Å²) in [4.78, 5) is 36.6. The first kappa shape index (κ1) is 22.7. The van der Waals surface area contributed by atoms with E-state index in [2.05, 4.69) is 9.97 Å². The third-order valence-electron chi connectivity index (χ3n) is 4.75. The number of sulfone groups is 1. The molecule has 10 heteroatoms. The van der Waals surface area contributed by atoms with Gasteiger partial charge in [-0.25, -0.2) is 18.4 Å². The average Bonchev–Trinajstić information content (AvgIpc) is 2.77. The quantitative estimate of drug-likeness (QED) is 0.628. The van der Waals surface area contributed by atoms with Gasteiger partial charge in [0.2, 0.25) is 21.6 Å². The van der Waals surface area contributed by atoms with Gasteiger partial charge in [0, 0.05) is 37.8 Å². The molecule has 2 aromatic rings. The summed E-state index contributed by atoms with van der Waals surface area (Å²) in [5.74, 6) is 0.141. The van der Waals surface area contributed by atoms with Gasteiger partial charge >= 0.3 is 0 Å². The lowest BCUT2D eigenvalue weighted by Crippen LogP contribution is -2.50. The van der Waals surface area contributed by atoms with Gasteiger partial charge in [-0.1, -0.05) is 44.2 Å². The largest absolute Gasteiger partial charge is 0.477 e. The SMILES string of the molecule is CC(C)COc1cc(N2CCN(C(=O)CS(=O)(=O)C(=O)c3ccccc3)CC2)ncn1. The maximum atomic E-state index is 12.5.